The van der Waals surface area contributed by atoms with Crippen LogP contribution in [0.15, 0.2) is 48.5 Å². The van der Waals surface area contributed by atoms with Crippen LogP contribution in [0.1, 0.15) is 17.2 Å². The van der Waals surface area contributed by atoms with Crippen molar-refractivity contribution in [2.24, 2.45) is 0 Å². The van der Waals surface area contributed by atoms with E-state index in [0.29, 0.717) is 24.6 Å². The molecule has 0 unspecified atom stereocenters. The normalized spacial score (nSPS) is 11.5. The van der Waals surface area contributed by atoms with Gasteiger partial charge < -0.3 is 20.1 Å². The number of hydrogen-bond donors (Lipinski definition) is 3. The van der Waals surface area contributed by atoms with Gasteiger partial charge in [-0.1, -0.05) is 36.4 Å². The summed E-state index contributed by atoms with van der Waals surface area (Å²) in [5.41, 5.74) is 2.34. The molecule has 0 radical (unpaired) electrons. The lowest BCUT2D eigenvalue weighted by molar-refractivity contribution is -0.121. The zero-order valence-electron chi connectivity index (χ0n) is 16.5. The molecule has 0 aliphatic carbocycles. The van der Waals surface area contributed by atoms with Crippen LogP contribution in [0.4, 0.5) is 5.69 Å². The highest BCUT2D eigenvalue weighted by Gasteiger charge is 2.22. The molecule has 2 amide bonds. The predicted molar refractivity (Wildman–Crippen MR) is 108 cm³/mol. The molecule has 2 aromatic rings. The first kappa shape index (κ1) is 21.4. The predicted octanol–water partition coefficient (Wildman–Crippen LogP) is 2.04. The summed E-state index contributed by atoms with van der Waals surface area (Å²) in [5.74, 6) is 0.0850. The molecule has 3 N–H and O–H groups in total. The quantitative estimate of drug-likeness (QED) is 0.545. The smallest absolute Gasteiger partial charge is 0.246 e. The maximum atomic E-state index is 13.0. The van der Waals surface area contributed by atoms with Gasteiger partial charge >= 0.3 is 0 Å². The number of hydrogen-bond acceptors (Lipinski definition) is 5. The second-order valence-electron chi connectivity index (χ2n) is 6.26. The largest absolute Gasteiger partial charge is 0.495 e. The molecular formula is C21H27N3O4. The number of methoxy groups -OCH3 is 2. The van der Waals surface area contributed by atoms with Gasteiger partial charge in [-0.05, 0) is 30.2 Å². The molecule has 28 heavy (non-hydrogen) atoms. The molecule has 7 heteroatoms. The third-order valence-corrected chi connectivity index (χ3v) is 4.10. The minimum atomic E-state index is -0.695. The highest BCUT2D eigenvalue weighted by Crippen LogP contribution is 2.26. The van der Waals surface area contributed by atoms with Crippen molar-refractivity contribution in [2.45, 2.75) is 13.0 Å². The van der Waals surface area contributed by atoms with Crippen molar-refractivity contribution in [2.75, 3.05) is 39.2 Å². The molecule has 150 valence electrons. The van der Waals surface area contributed by atoms with Crippen molar-refractivity contribution >= 4 is 17.5 Å². The van der Waals surface area contributed by atoms with Gasteiger partial charge in [-0.15, -0.1) is 0 Å². The Bertz CT molecular complexity index is 780. The average molecular weight is 385 g/mol. The van der Waals surface area contributed by atoms with Gasteiger partial charge in [-0.25, -0.2) is 0 Å². The molecule has 0 spiro atoms. The highest BCUT2D eigenvalue weighted by molar-refractivity contribution is 5.97. The number of rotatable bonds is 10. The Morgan fingerprint density at radius 1 is 1.07 bits per heavy atom. The standard InChI is InChI=1S/C21H27N3O4/c1-15-9-10-18(28-3)17(13-15)24-21(26)20(16-7-5-4-6-8-16)23-14-19(25)22-11-12-27-2/h4-10,13,20,23H,11-12,14H2,1-3H3,(H,22,25)(H,24,26)/t20-/m0/s1. The van der Waals surface area contributed by atoms with Crippen molar-refractivity contribution in [3.63, 3.8) is 0 Å². The first-order chi connectivity index (χ1) is 13.5. The lowest BCUT2D eigenvalue weighted by Gasteiger charge is -2.20. The molecular weight excluding hydrogens is 358 g/mol. The van der Waals surface area contributed by atoms with Gasteiger partial charge in [0, 0.05) is 13.7 Å². The van der Waals surface area contributed by atoms with Crippen molar-refractivity contribution in [3.05, 3.63) is 59.7 Å². The Morgan fingerprint density at radius 2 is 1.82 bits per heavy atom. The molecule has 1 atom stereocenters. The van der Waals surface area contributed by atoms with Crippen molar-refractivity contribution in [3.8, 4) is 5.75 Å². The van der Waals surface area contributed by atoms with Crippen LogP contribution >= 0.6 is 0 Å². The van der Waals surface area contributed by atoms with Crippen molar-refractivity contribution in [1.82, 2.24) is 10.6 Å². The number of anilines is 1. The Morgan fingerprint density at radius 3 is 2.50 bits per heavy atom. The van der Waals surface area contributed by atoms with Crippen LogP contribution < -0.4 is 20.7 Å². The Balaban J connectivity index is 2.12. The molecule has 0 bridgehead atoms. The van der Waals surface area contributed by atoms with E-state index in [1.54, 1.807) is 20.3 Å². The molecule has 0 saturated carbocycles. The summed E-state index contributed by atoms with van der Waals surface area (Å²) in [7, 11) is 3.12. The van der Waals surface area contributed by atoms with Gasteiger partial charge in [0.25, 0.3) is 0 Å². The maximum Gasteiger partial charge on any atom is 0.246 e. The third kappa shape index (κ3) is 6.37. The van der Waals surface area contributed by atoms with E-state index in [0.717, 1.165) is 11.1 Å². The van der Waals surface area contributed by atoms with Gasteiger partial charge in [0.15, 0.2) is 0 Å². The van der Waals surface area contributed by atoms with Crippen LogP contribution in [0.5, 0.6) is 5.75 Å². The van der Waals surface area contributed by atoms with Crippen LogP contribution in [0.25, 0.3) is 0 Å². The number of aryl methyl sites for hydroxylation is 1. The van der Waals surface area contributed by atoms with Gasteiger partial charge in [0.2, 0.25) is 11.8 Å². The van der Waals surface area contributed by atoms with E-state index in [2.05, 4.69) is 16.0 Å². The number of amides is 2. The fourth-order valence-electron chi connectivity index (χ4n) is 2.68. The van der Waals surface area contributed by atoms with E-state index >= 15 is 0 Å². The highest BCUT2D eigenvalue weighted by atomic mass is 16.5. The van der Waals surface area contributed by atoms with E-state index in [-0.39, 0.29) is 18.4 Å². The number of benzene rings is 2. The summed E-state index contributed by atoms with van der Waals surface area (Å²) in [4.78, 5) is 25.0. The van der Waals surface area contributed by atoms with Crippen LogP contribution in [0.3, 0.4) is 0 Å². The van der Waals surface area contributed by atoms with Crippen LogP contribution in [-0.4, -0.2) is 45.7 Å². The molecule has 0 heterocycles. The third-order valence-electron chi connectivity index (χ3n) is 4.10. The molecule has 2 aromatic carbocycles. The molecule has 0 aliphatic rings. The zero-order valence-corrected chi connectivity index (χ0v) is 16.5. The molecule has 0 aliphatic heterocycles. The van der Waals surface area contributed by atoms with E-state index in [4.69, 9.17) is 9.47 Å². The van der Waals surface area contributed by atoms with Gasteiger partial charge in [-0.2, -0.15) is 0 Å². The molecule has 0 aromatic heterocycles. The van der Waals surface area contributed by atoms with Crippen LogP contribution in [0, 0.1) is 6.92 Å². The monoisotopic (exact) mass is 385 g/mol. The first-order valence-corrected chi connectivity index (χ1v) is 9.04. The lowest BCUT2D eigenvalue weighted by atomic mass is 10.1. The van der Waals surface area contributed by atoms with Crippen LogP contribution in [0.2, 0.25) is 0 Å². The Hall–Kier alpha value is -2.90. The Kier molecular flexibility index (Phi) is 8.45. The second kappa shape index (κ2) is 11.1. The SMILES string of the molecule is COCCNC(=O)CN[C@H](C(=O)Nc1cc(C)ccc1OC)c1ccccc1. The fourth-order valence-corrected chi connectivity index (χ4v) is 2.68. The Labute approximate surface area is 165 Å². The number of carbonyl (C=O) groups is 2. The minimum Gasteiger partial charge on any atom is -0.495 e. The number of nitrogens with one attached hydrogen (secondary N) is 3. The molecule has 0 saturated heterocycles. The summed E-state index contributed by atoms with van der Waals surface area (Å²) in [6.45, 7) is 2.79. The van der Waals surface area contributed by atoms with Crippen molar-refractivity contribution in [1.29, 1.82) is 0 Å². The van der Waals surface area contributed by atoms with E-state index in [9.17, 15) is 9.59 Å². The maximum absolute atomic E-state index is 13.0. The summed E-state index contributed by atoms with van der Waals surface area (Å²) in [5, 5.41) is 8.65. The topological polar surface area (TPSA) is 88.7 Å². The zero-order chi connectivity index (χ0) is 20.4. The van der Waals surface area contributed by atoms with E-state index in [1.165, 1.54) is 0 Å². The number of ether oxygens (including phenoxy) is 2. The minimum absolute atomic E-state index is 0.00163. The fraction of sp³-hybridized carbons (Fsp3) is 0.333. The molecule has 0 fully saturated rings. The number of carbonyl (C=O) groups excluding carboxylic acids is 2. The van der Waals surface area contributed by atoms with Gasteiger partial charge in [0.1, 0.15) is 11.8 Å². The second-order valence-corrected chi connectivity index (χ2v) is 6.26. The van der Waals surface area contributed by atoms with E-state index < -0.39 is 6.04 Å². The summed E-state index contributed by atoms with van der Waals surface area (Å²) >= 11 is 0. The lowest BCUT2D eigenvalue weighted by Crippen LogP contribution is -2.40. The molecule has 2 rings (SSSR count). The van der Waals surface area contributed by atoms with Crippen LogP contribution in [-0.2, 0) is 14.3 Å². The molecule has 7 nitrogen and oxygen atoms in total. The van der Waals surface area contributed by atoms with Gasteiger partial charge in [-0.3, -0.25) is 14.9 Å². The first-order valence-electron chi connectivity index (χ1n) is 9.04. The summed E-state index contributed by atoms with van der Waals surface area (Å²) in [6, 6.07) is 14.1. The van der Waals surface area contributed by atoms with Crippen molar-refractivity contribution < 1.29 is 19.1 Å². The van der Waals surface area contributed by atoms with E-state index in [1.807, 2.05) is 49.4 Å². The average Bonchev–Trinajstić information content (AvgIpc) is 2.69. The summed E-state index contributed by atoms with van der Waals surface area (Å²) in [6.07, 6.45) is 0. The summed E-state index contributed by atoms with van der Waals surface area (Å²) < 4.78 is 10.2. The van der Waals surface area contributed by atoms with Gasteiger partial charge in [0.05, 0.1) is 25.9 Å².